The number of anilines is 2. The topological polar surface area (TPSA) is 168 Å². The number of nitrogens with one attached hydrogen (secondary N) is 1. The van der Waals surface area contributed by atoms with Crippen LogP contribution < -0.4 is 15.8 Å². The van der Waals surface area contributed by atoms with Gasteiger partial charge in [0.05, 0.1) is 29.1 Å². The number of hydrogen-bond donors (Lipinski definition) is 3. The minimum absolute atomic E-state index is 0.246. The van der Waals surface area contributed by atoms with Gasteiger partial charge in [0.25, 0.3) is 10.1 Å². The molecular formula is C33H28N6O5S. The van der Waals surface area contributed by atoms with Crippen LogP contribution in [0.15, 0.2) is 128 Å². The van der Waals surface area contributed by atoms with Gasteiger partial charge in [-0.05, 0) is 78.7 Å². The summed E-state index contributed by atoms with van der Waals surface area (Å²) in [6, 6.07) is 27.3. The second-order valence-electron chi connectivity index (χ2n) is 9.85. The third kappa shape index (κ3) is 7.63. The Morgan fingerprint density at radius 1 is 0.822 bits per heavy atom. The van der Waals surface area contributed by atoms with Gasteiger partial charge in [0.15, 0.2) is 0 Å². The summed E-state index contributed by atoms with van der Waals surface area (Å²) < 4.78 is 38.1. The maximum atomic E-state index is 12.3. The molecule has 12 heteroatoms. The summed E-state index contributed by atoms with van der Waals surface area (Å²) in [5.74, 6) is 0.164. The third-order valence-corrected chi connectivity index (χ3v) is 7.54. The SMILES string of the molecule is COc1cc(N=Nc2ccc(NC(=O)/C=C/c3ccccc3)cc2)c(C)cc1N=Nc1ccc(N)c2cc(S(=O)(=O)O)ccc12. The lowest BCUT2D eigenvalue weighted by Gasteiger charge is -2.09. The van der Waals surface area contributed by atoms with Crippen LogP contribution in [0.25, 0.3) is 16.8 Å². The number of rotatable bonds is 9. The zero-order valence-corrected chi connectivity index (χ0v) is 25.1. The van der Waals surface area contributed by atoms with Gasteiger partial charge in [0, 0.05) is 34.3 Å². The number of nitrogens with zero attached hydrogens (tertiary/aromatic N) is 4. The molecule has 0 heterocycles. The molecule has 45 heavy (non-hydrogen) atoms. The van der Waals surface area contributed by atoms with Crippen molar-refractivity contribution in [2.45, 2.75) is 11.8 Å². The van der Waals surface area contributed by atoms with Crippen molar-refractivity contribution in [1.29, 1.82) is 0 Å². The Labute approximate surface area is 259 Å². The lowest BCUT2D eigenvalue weighted by molar-refractivity contribution is -0.111. The van der Waals surface area contributed by atoms with E-state index in [1.165, 1.54) is 31.4 Å². The fourth-order valence-electron chi connectivity index (χ4n) is 4.34. The molecule has 0 atom stereocenters. The first-order valence-corrected chi connectivity index (χ1v) is 15.0. The summed E-state index contributed by atoms with van der Waals surface area (Å²) in [7, 11) is -2.89. The minimum atomic E-state index is -4.40. The number of ether oxygens (including phenoxy) is 1. The third-order valence-electron chi connectivity index (χ3n) is 6.69. The molecule has 1 amide bonds. The van der Waals surface area contributed by atoms with Crippen molar-refractivity contribution in [3.8, 4) is 5.75 Å². The summed E-state index contributed by atoms with van der Waals surface area (Å²) in [5.41, 5.74) is 10.7. The van der Waals surface area contributed by atoms with Crippen LogP contribution in [0, 0.1) is 6.92 Å². The lowest BCUT2D eigenvalue weighted by Crippen LogP contribution is -2.07. The average molecular weight is 621 g/mol. The van der Waals surface area contributed by atoms with Gasteiger partial charge in [-0.1, -0.05) is 36.4 Å². The van der Waals surface area contributed by atoms with E-state index in [-0.39, 0.29) is 10.8 Å². The predicted molar refractivity (Wildman–Crippen MR) is 175 cm³/mol. The van der Waals surface area contributed by atoms with E-state index in [9.17, 15) is 17.8 Å². The van der Waals surface area contributed by atoms with Gasteiger partial charge in [-0.15, -0.1) is 10.2 Å². The van der Waals surface area contributed by atoms with E-state index < -0.39 is 10.1 Å². The van der Waals surface area contributed by atoms with Gasteiger partial charge in [0.2, 0.25) is 5.91 Å². The van der Waals surface area contributed by atoms with Crippen molar-refractivity contribution in [3.63, 3.8) is 0 Å². The fourth-order valence-corrected chi connectivity index (χ4v) is 4.85. The van der Waals surface area contributed by atoms with E-state index in [2.05, 4.69) is 25.8 Å². The highest BCUT2D eigenvalue weighted by molar-refractivity contribution is 7.85. The zero-order valence-electron chi connectivity index (χ0n) is 24.2. The van der Waals surface area contributed by atoms with Gasteiger partial charge in [0.1, 0.15) is 11.4 Å². The molecule has 0 fully saturated rings. The Balaban J connectivity index is 1.31. The highest BCUT2D eigenvalue weighted by atomic mass is 32.2. The first-order chi connectivity index (χ1) is 21.6. The Morgan fingerprint density at radius 2 is 1.53 bits per heavy atom. The van der Waals surface area contributed by atoms with Crippen LogP contribution in [0.5, 0.6) is 5.75 Å². The number of carbonyl (C=O) groups is 1. The molecule has 5 rings (SSSR count). The molecule has 5 aromatic carbocycles. The second kappa shape index (κ2) is 13.3. The maximum Gasteiger partial charge on any atom is 0.294 e. The van der Waals surface area contributed by atoms with Gasteiger partial charge >= 0.3 is 0 Å². The molecule has 4 N–H and O–H groups in total. The summed E-state index contributed by atoms with van der Waals surface area (Å²) in [6.07, 6.45) is 3.22. The molecule has 226 valence electrons. The molecular weight excluding hydrogens is 592 g/mol. The van der Waals surface area contributed by atoms with Crippen LogP contribution in [0.2, 0.25) is 0 Å². The van der Waals surface area contributed by atoms with Crippen molar-refractivity contribution in [1.82, 2.24) is 0 Å². The highest BCUT2D eigenvalue weighted by Gasteiger charge is 2.13. The number of azo groups is 2. The second-order valence-corrected chi connectivity index (χ2v) is 11.3. The molecule has 11 nitrogen and oxygen atoms in total. The Morgan fingerprint density at radius 3 is 2.24 bits per heavy atom. The van der Waals surface area contributed by atoms with Crippen LogP contribution in [-0.4, -0.2) is 26.0 Å². The van der Waals surface area contributed by atoms with E-state index >= 15 is 0 Å². The van der Waals surface area contributed by atoms with Crippen LogP contribution in [0.1, 0.15) is 11.1 Å². The van der Waals surface area contributed by atoms with Crippen molar-refractivity contribution in [2.24, 2.45) is 20.5 Å². The molecule has 0 spiro atoms. The standard InChI is InChI=1S/C33H28N6O5S/c1-21-18-31(39-37-29-16-15-28(34)27-19-25(45(41,42)43)13-14-26(27)29)32(44-2)20-30(21)38-36-24-11-9-23(10-12-24)35-33(40)17-8-22-6-4-3-5-7-22/h3-20H,34H2,1-2H3,(H,35,40)(H,41,42,43)/b17-8+,38-36?,39-37?. The molecule has 0 aromatic heterocycles. The molecule has 0 aliphatic carbocycles. The molecule has 0 saturated carbocycles. The largest absolute Gasteiger partial charge is 0.494 e. The highest BCUT2D eigenvalue weighted by Crippen LogP contribution is 2.38. The van der Waals surface area contributed by atoms with E-state index in [0.717, 1.165) is 11.1 Å². The molecule has 0 aliphatic heterocycles. The number of amides is 1. The van der Waals surface area contributed by atoms with E-state index in [1.54, 1.807) is 54.6 Å². The summed E-state index contributed by atoms with van der Waals surface area (Å²) >= 11 is 0. The number of aryl methyl sites for hydroxylation is 1. The molecule has 0 aliphatic rings. The summed E-state index contributed by atoms with van der Waals surface area (Å²) in [5, 5.41) is 21.2. The summed E-state index contributed by atoms with van der Waals surface area (Å²) in [6.45, 7) is 1.85. The lowest BCUT2D eigenvalue weighted by atomic mass is 10.1. The zero-order chi connectivity index (χ0) is 32.0. The van der Waals surface area contributed by atoms with Crippen LogP contribution in [0.3, 0.4) is 0 Å². The normalized spacial score (nSPS) is 12.0. The van der Waals surface area contributed by atoms with Crippen molar-refractivity contribution in [3.05, 3.63) is 114 Å². The molecule has 0 saturated heterocycles. The molecule has 0 radical (unpaired) electrons. The fraction of sp³-hybridized carbons (Fsp3) is 0.0606. The Kier molecular flexibility index (Phi) is 9.07. The first-order valence-electron chi connectivity index (χ1n) is 13.6. The van der Waals surface area contributed by atoms with Crippen LogP contribution in [0.4, 0.5) is 34.1 Å². The van der Waals surface area contributed by atoms with Crippen LogP contribution >= 0.6 is 0 Å². The number of nitrogen functional groups attached to an aromatic ring is 1. The number of nitrogens with two attached hydrogens (primary N) is 1. The smallest absolute Gasteiger partial charge is 0.294 e. The van der Waals surface area contributed by atoms with Gasteiger partial charge < -0.3 is 15.8 Å². The van der Waals surface area contributed by atoms with Crippen molar-refractivity contribution in [2.75, 3.05) is 18.2 Å². The minimum Gasteiger partial charge on any atom is -0.494 e. The predicted octanol–water partition coefficient (Wildman–Crippen LogP) is 8.47. The van der Waals surface area contributed by atoms with E-state index in [0.29, 0.717) is 50.6 Å². The van der Waals surface area contributed by atoms with Gasteiger partial charge in [-0.2, -0.15) is 18.6 Å². The Hall–Kier alpha value is -5.72. The van der Waals surface area contributed by atoms with E-state index in [1.807, 2.05) is 37.3 Å². The van der Waals surface area contributed by atoms with Gasteiger partial charge in [-0.25, -0.2) is 0 Å². The summed E-state index contributed by atoms with van der Waals surface area (Å²) in [4.78, 5) is 12.0. The molecule has 0 bridgehead atoms. The quantitative estimate of drug-likeness (QED) is 0.0646. The number of carbonyl (C=O) groups excluding carboxylic acids is 1. The van der Waals surface area contributed by atoms with Crippen molar-refractivity contribution < 1.29 is 22.5 Å². The number of fused-ring (bicyclic) bond motifs is 1. The van der Waals surface area contributed by atoms with Crippen LogP contribution in [-0.2, 0) is 14.9 Å². The molecule has 5 aromatic rings. The number of hydrogen-bond acceptors (Lipinski definition) is 9. The maximum absolute atomic E-state index is 12.3. The average Bonchev–Trinajstić information content (AvgIpc) is 3.03. The Bertz CT molecular complexity index is 2080. The van der Waals surface area contributed by atoms with E-state index in [4.69, 9.17) is 10.5 Å². The van der Waals surface area contributed by atoms with Gasteiger partial charge in [-0.3, -0.25) is 9.35 Å². The number of benzene rings is 5. The monoisotopic (exact) mass is 620 g/mol. The first kappa shape index (κ1) is 30.7. The molecule has 0 unspecified atom stereocenters. The number of methoxy groups -OCH3 is 1. The van der Waals surface area contributed by atoms with Crippen molar-refractivity contribution >= 4 is 67.0 Å².